The van der Waals surface area contributed by atoms with E-state index in [0.717, 1.165) is 11.1 Å². The predicted molar refractivity (Wildman–Crippen MR) is 98.4 cm³/mol. The number of hydrogen-bond acceptors (Lipinski definition) is 5. The fourth-order valence-electron chi connectivity index (χ4n) is 2.55. The Morgan fingerprint density at radius 2 is 2.04 bits per heavy atom. The fourth-order valence-corrected chi connectivity index (χ4v) is 2.68. The zero-order valence-electron chi connectivity index (χ0n) is 14.5. The average Bonchev–Trinajstić information content (AvgIpc) is 3.13. The lowest BCUT2D eigenvalue weighted by Gasteiger charge is -2.18. The molecule has 0 aliphatic rings. The second-order valence-electron chi connectivity index (χ2n) is 5.88. The van der Waals surface area contributed by atoms with E-state index in [9.17, 15) is 4.79 Å². The lowest BCUT2D eigenvalue weighted by molar-refractivity contribution is -0.125. The predicted octanol–water partition coefficient (Wildman–Crippen LogP) is 3.22. The van der Waals surface area contributed by atoms with Crippen LogP contribution in [0.4, 0.5) is 0 Å². The van der Waals surface area contributed by atoms with Gasteiger partial charge in [-0.2, -0.15) is 4.80 Å². The molecule has 1 N–H and O–H groups in total. The molecule has 3 aromatic rings. The van der Waals surface area contributed by atoms with Gasteiger partial charge in [-0.25, -0.2) is 0 Å². The number of tetrazole rings is 1. The number of carbonyl (C=O) groups is 1. The van der Waals surface area contributed by atoms with Crippen molar-refractivity contribution in [1.29, 1.82) is 0 Å². The molecule has 0 aliphatic carbocycles. The Morgan fingerprint density at radius 3 is 2.69 bits per heavy atom. The topological polar surface area (TPSA) is 85.6 Å². The molecule has 0 fully saturated rings. The molecule has 3 rings (SSSR count). The molecule has 2 atom stereocenters. The Balaban J connectivity index is 1.74. The standard InChI is InChI=1S/C18H19ClN6O/c1-3-16(18(26)21-12(2)14-5-4-10-20-11-14)25-23-17(22-24-25)13-6-8-15(19)9-7-13/h4-12,16H,3H2,1-2H3,(H,21,26). The van der Waals surface area contributed by atoms with Gasteiger partial charge in [0.15, 0.2) is 6.04 Å². The van der Waals surface area contributed by atoms with Crippen molar-refractivity contribution in [1.82, 2.24) is 30.5 Å². The van der Waals surface area contributed by atoms with E-state index in [0.29, 0.717) is 17.3 Å². The van der Waals surface area contributed by atoms with Gasteiger partial charge in [0.25, 0.3) is 0 Å². The van der Waals surface area contributed by atoms with Crippen LogP contribution in [0.3, 0.4) is 0 Å². The molecule has 7 nitrogen and oxygen atoms in total. The normalized spacial score (nSPS) is 13.2. The highest BCUT2D eigenvalue weighted by molar-refractivity contribution is 6.30. The molecule has 0 spiro atoms. The van der Waals surface area contributed by atoms with Crippen molar-refractivity contribution < 1.29 is 4.79 Å². The molecule has 1 amide bonds. The molecule has 1 aromatic carbocycles. The number of halogens is 1. The average molecular weight is 371 g/mol. The van der Waals surface area contributed by atoms with Crippen molar-refractivity contribution in [3.63, 3.8) is 0 Å². The van der Waals surface area contributed by atoms with Crippen LogP contribution in [-0.2, 0) is 4.79 Å². The molecule has 0 radical (unpaired) electrons. The van der Waals surface area contributed by atoms with Gasteiger partial charge in [-0.3, -0.25) is 9.78 Å². The maximum atomic E-state index is 12.7. The summed E-state index contributed by atoms with van der Waals surface area (Å²) in [4.78, 5) is 18.1. The van der Waals surface area contributed by atoms with Crippen LogP contribution in [0.1, 0.15) is 37.9 Å². The van der Waals surface area contributed by atoms with Gasteiger partial charge in [0.05, 0.1) is 6.04 Å². The summed E-state index contributed by atoms with van der Waals surface area (Å²) < 4.78 is 0. The third-order valence-corrected chi connectivity index (χ3v) is 4.29. The number of amides is 1. The molecule has 0 aliphatic heterocycles. The first-order chi connectivity index (χ1) is 12.6. The van der Waals surface area contributed by atoms with Crippen LogP contribution in [0.2, 0.25) is 5.02 Å². The number of hydrogen-bond donors (Lipinski definition) is 1. The minimum atomic E-state index is -0.539. The van der Waals surface area contributed by atoms with Crippen molar-refractivity contribution in [2.24, 2.45) is 0 Å². The van der Waals surface area contributed by atoms with Crippen LogP contribution >= 0.6 is 11.6 Å². The Morgan fingerprint density at radius 1 is 1.27 bits per heavy atom. The minimum absolute atomic E-state index is 0.162. The van der Waals surface area contributed by atoms with E-state index < -0.39 is 6.04 Å². The number of nitrogens with zero attached hydrogens (tertiary/aromatic N) is 5. The Labute approximate surface area is 156 Å². The highest BCUT2D eigenvalue weighted by atomic mass is 35.5. The monoisotopic (exact) mass is 370 g/mol. The number of aromatic nitrogens is 5. The van der Waals surface area contributed by atoms with Crippen LogP contribution < -0.4 is 5.32 Å². The number of benzene rings is 1. The lowest BCUT2D eigenvalue weighted by Crippen LogP contribution is -2.35. The molecule has 2 unspecified atom stereocenters. The summed E-state index contributed by atoms with van der Waals surface area (Å²) in [5.74, 6) is 0.289. The second-order valence-corrected chi connectivity index (χ2v) is 6.32. The first-order valence-electron chi connectivity index (χ1n) is 8.34. The molecule has 0 saturated carbocycles. The van der Waals surface area contributed by atoms with Gasteiger partial charge in [0.2, 0.25) is 11.7 Å². The van der Waals surface area contributed by atoms with Crippen LogP contribution in [-0.4, -0.2) is 31.1 Å². The van der Waals surface area contributed by atoms with Crippen LogP contribution in [0.15, 0.2) is 48.8 Å². The van der Waals surface area contributed by atoms with Gasteiger partial charge >= 0.3 is 0 Å². The summed E-state index contributed by atoms with van der Waals surface area (Å²) >= 11 is 5.90. The third kappa shape index (κ3) is 4.05. The van der Waals surface area contributed by atoms with Gasteiger partial charge < -0.3 is 5.32 Å². The number of rotatable bonds is 6. The quantitative estimate of drug-likeness (QED) is 0.720. The van der Waals surface area contributed by atoms with E-state index in [1.807, 2.05) is 38.1 Å². The molecule has 0 saturated heterocycles. The van der Waals surface area contributed by atoms with Crippen molar-refractivity contribution in [3.05, 3.63) is 59.4 Å². The summed E-state index contributed by atoms with van der Waals surface area (Å²) in [6.45, 7) is 3.82. The summed E-state index contributed by atoms with van der Waals surface area (Å²) in [5.41, 5.74) is 1.73. The number of carbonyl (C=O) groups excluding carboxylic acids is 1. The van der Waals surface area contributed by atoms with E-state index in [1.54, 1.807) is 24.5 Å². The van der Waals surface area contributed by atoms with E-state index in [2.05, 4.69) is 25.7 Å². The number of pyridine rings is 1. The summed E-state index contributed by atoms with van der Waals surface area (Å²) in [5, 5.41) is 16.1. The molecule has 26 heavy (non-hydrogen) atoms. The van der Waals surface area contributed by atoms with Gasteiger partial charge in [-0.15, -0.1) is 10.2 Å². The highest BCUT2D eigenvalue weighted by Crippen LogP contribution is 2.19. The molecule has 2 heterocycles. The lowest BCUT2D eigenvalue weighted by atomic mass is 10.1. The molecule has 0 bridgehead atoms. The molecular formula is C18H19ClN6O. The van der Waals surface area contributed by atoms with Gasteiger partial charge in [0.1, 0.15) is 0 Å². The second kappa shape index (κ2) is 8.05. The summed E-state index contributed by atoms with van der Waals surface area (Å²) in [6.07, 6.45) is 3.98. The van der Waals surface area contributed by atoms with E-state index in [4.69, 9.17) is 11.6 Å². The summed E-state index contributed by atoms with van der Waals surface area (Å²) in [6, 6.07) is 10.2. The molecule has 8 heteroatoms. The smallest absolute Gasteiger partial charge is 0.247 e. The zero-order valence-corrected chi connectivity index (χ0v) is 15.3. The van der Waals surface area contributed by atoms with E-state index in [-0.39, 0.29) is 11.9 Å². The van der Waals surface area contributed by atoms with Crippen molar-refractivity contribution in [3.8, 4) is 11.4 Å². The number of nitrogens with one attached hydrogen (secondary N) is 1. The largest absolute Gasteiger partial charge is 0.348 e. The maximum Gasteiger partial charge on any atom is 0.247 e. The molecular weight excluding hydrogens is 352 g/mol. The van der Waals surface area contributed by atoms with Crippen LogP contribution in [0, 0.1) is 0 Å². The van der Waals surface area contributed by atoms with Crippen molar-refractivity contribution in [2.75, 3.05) is 0 Å². The Hall–Kier alpha value is -2.80. The van der Waals surface area contributed by atoms with Gasteiger partial charge in [0, 0.05) is 23.0 Å². The molecule has 2 aromatic heterocycles. The maximum absolute atomic E-state index is 12.7. The molecule has 134 valence electrons. The Bertz CT molecular complexity index is 865. The van der Waals surface area contributed by atoms with Crippen molar-refractivity contribution >= 4 is 17.5 Å². The highest BCUT2D eigenvalue weighted by Gasteiger charge is 2.23. The van der Waals surface area contributed by atoms with Gasteiger partial charge in [-0.1, -0.05) is 24.6 Å². The van der Waals surface area contributed by atoms with Crippen LogP contribution in [0.5, 0.6) is 0 Å². The minimum Gasteiger partial charge on any atom is -0.348 e. The van der Waals surface area contributed by atoms with Crippen LogP contribution in [0.25, 0.3) is 11.4 Å². The summed E-state index contributed by atoms with van der Waals surface area (Å²) in [7, 11) is 0. The first kappa shape index (κ1) is 18.0. The third-order valence-electron chi connectivity index (χ3n) is 4.04. The first-order valence-corrected chi connectivity index (χ1v) is 8.72. The van der Waals surface area contributed by atoms with E-state index in [1.165, 1.54) is 4.80 Å². The van der Waals surface area contributed by atoms with E-state index >= 15 is 0 Å². The SMILES string of the molecule is CCC(C(=O)NC(C)c1cccnc1)n1nnc(-c2ccc(Cl)cc2)n1. The van der Waals surface area contributed by atoms with Crippen molar-refractivity contribution in [2.45, 2.75) is 32.4 Å². The zero-order chi connectivity index (χ0) is 18.5. The Kier molecular flexibility index (Phi) is 5.58. The fraction of sp³-hybridized carbons (Fsp3) is 0.278. The van der Waals surface area contributed by atoms with Gasteiger partial charge in [-0.05, 0) is 54.5 Å².